The lowest BCUT2D eigenvalue weighted by molar-refractivity contribution is 0.244. The van der Waals surface area contributed by atoms with Crippen molar-refractivity contribution in [3.05, 3.63) is 28.8 Å². The van der Waals surface area contributed by atoms with Gasteiger partial charge in [0.1, 0.15) is 0 Å². The number of nitrogens with zero attached hydrogens (tertiary/aromatic N) is 1. The highest BCUT2D eigenvalue weighted by Crippen LogP contribution is 2.36. The van der Waals surface area contributed by atoms with Gasteiger partial charge in [0.25, 0.3) is 0 Å². The predicted molar refractivity (Wildman–Crippen MR) is 85.5 cm³/mol. The maximum Gasteiger partial charge on any atom is 0.0643 e. The van der Waals surface area contributed by atoms with Gasteiger partial charge in [-0.05, 0) is 36.9 Å². The first kappa shape index (κ1) is 15.6. The average molecular weight is 297 g/mol. The van der Waals surface area contributed by atoms with Gasteiger partial charge in [-0.2, -0.15) is 0 Å². The van der Waals surface area contributed by atoms with Gasteiger partial charge in [0.2, 0.25) is 0 Å². The maximum absolute atomic E-state index is 9.66. The van der Waals surface area contributed by atoms with Gasteiger partial charge >= 0.3 is 0 Å². The Hall–Kier alpha value is -0.770. The van der Waals surface area contributed by atoms with Gasteiger partial charge in [-0.1, -0.05) is 37.6 Å². The van der Waals surface area contributed by atoms with Gasteiger partial charge in [0.05, 0.1) is 23.4 Å². The summed E-state index contributed by atoms with van der Waals surface area (Å²) in [5, 5.41) is 13.9. The van der Waals surface area contributed by atoms with Gasteiger partial charge in [0.15, 0.2) is 0 Å². The third kappa shape index (κ3) is 3.27. The van der Waals surface area contributed by atoms with Crippen molar-refractivity contribution in [3.63, 3.8) is 0 Å². The monoisotopic (exact) mass is 296 g/mol. The number of para-hydroxylation sites is 1. The summed E-state index contributed by atoms with van der Waals surface area (Å²) in [6.07, 6.45) is 2.23. The van der Waals surface area contributed by atoms with E-state index in [0.717, 1.165) is 43.2 Å². The van der Waals surface area contributed by atoms with E-state index < -0.39 is 0 Å². The Labute approximate surface area is 126 Å². The number of nitrogens with one attached hydrogen (secondary N) is 1. The van der Waals surface area contributed by atoms with Crippen LogP contribution in [0.4, 0.5) is 5.69 Å². The zero-order valence-electron chi connectivity index (χ0n) is 12.4. The summed E-state index contributed by atoms with van der Waals surface area (Å²) in [4.78, 5) is 2.29. The highest BCUT2D eigenvalue weighted by molar-refractivity contribution is 6.33. The average Bonchev–Trinajstić information content (AvgIpc) is 2.80. The third-order valence-electron chi connectivity index (χ3n) is 4.17. The van der Waals surface area contributed by atoms with Crippen LogP contribution in [0.2, 0.25) is 5.02 Å². The molecule has 3 nitrogen and oxygen atoms in total. The molecule has 0 amide bonds. The fourth-order valence-corrected chi connectivity index (χ4v) is 3.29. The quantitative estimate of drug-likeness (QED) is 0.792. The van der Waals surface area contributed by atoms with Gasteiger partial charge in [-0.3, -0.25) is 0 Å². The van der Waals surface area contributed by atoms with Gasteiger partial charge in [0, 0.05) is 13.1 Å². The Morgan fingerprint density at radius 1 is 1.45 bits per heavy atom. The number of anilines is 1. The molecule has 1 aliphatic heterocycles. The van der Waals surface area contributed by atoms with Crippen molar-refractivity contribution in [2.24, 2.45) is 5.92 Å². The van der Waals surface area contributed by atoms with Gasteiger partial charge in [-0.15, -0.1) is 0 Å². The van der Waals surface area contributed by atoms with Crippen molar-refractivity contribution in [2.45, 2.75) is 39.3 Å². The summed E-state index contributed by atoms with van der Waals surface area (Å²) < 4.78 is 0. The standard InChI is InChI=1S/C16H25ClN2O/c1-3-8-18-10-13-5-4-6-14(17)16(13)19-9-7-12(2)15(19)11-20/h4-6,12,15,18,20H,3,7-11H2,1-2H3. The molecule has 0 aliphatic carbocycles. The molecular formula is C16H25ClN2O. The van der Waals surface area contributed by atoms with E-state index in [1.54, 1.807) is 0 Å². The molecule has 1 aromatic rings. The maximum atomic E-state index is 9.66. The van der Waals surface area contributed by atoms with Crippen LogP contribution >= 0.6 is 11.6 Å². The van der Waals surface area contributed by atoms with E-state index in [4.69, 9.17) is 11.6 Å². The summed E-state index contributed by atoms with van der Waals surface area (Å²) in [5.41, 5.74) is 2.32. The van der Waals surface area contributed by atoms with Crippen LogP contribution in [0.5, 0.6) is 0 Å². The van der Waals surface area contributed by atoms with E-state index >= 15 is 0 Å². The zero-order valence-corrected chi connectivity index (χ0v) is 13.2. The lowest BCUT2D eigenvalue weighted by atomic mass is 10.0. The topological polar surface area (TPSA) is 35.5 Å². The van der Waals surface area contributed by atoms with E-state index in [1.807, 2.05) is 12.1 Å². The minimum absolute atomic E-state index is 0.180. The molecule has 0 saturated carbocycles. The Kier molecular flexibility index (Phi) is 5.70. The molecule has 0 radical (unpaired) electrons. The molecule has 1 fully saturated rings. The van der Waals surface area contributed by atoms with Gasteiger partial charge in [-0.25, -0.2) is 0 Å². The second-order valence-corrected chi connectivity index (χ2v) is 6.04. The number of hydrogen-bond donors (Lipinski definition) is 2. The first-order chi connectivity index (χ1) is 9.69. The molecule has 20 heavy (non-hydrogen) atoms. The normalized spacial score (nSPS) is 22.5. The van der Waals surface area contributed by atoms with E-state index in [2.05, 4.69) is 30.1 Å². The predicted octanol–water partition coefficient (Wildman–Crippen LogP) is 3.05. The number of aliphatic hydroxyl groups is 1. The summed E-state index contributed by atoms with van der Waals surface area (Å²) >= 11 is 6.44. The Morgan fingerprint density at radius 2 is 2.25 bits per heavy atom. The molecule has 1 heterocycles. The first-order valence-corrected chi connectivity index (χ1v) is 7.92. The number of rotatable bonds is 6. The molecule has 1 aliphatic rings. The summed E-state index contributed by atoms with van der Waals surface area (Å²) in [6.45, 7) is 7.35. The highest BCUT2D eigenvalue weighted by Gasteiger charge is 2.32. The van der Waals surface area contributed by atoms with Crippen LogP contribution in [0.1, 0.15) is 32.3 Å². The molecule has 112 valence electrons. The van der Waals surface area contributed by atoms with Crippen LogP contribution < -0.4 is 10.2 Å². The van der Waals surface area contributed by atoms with Crippen molar-refractivity contribution in [2.75, 3.05) is 24.6 Å². The number of benzene rings is 1. The van der Waals surface area contributed by atoms with Crippen LogP contribution in [0.15, 0.2) is 18.2 Å². The fourth-order valence-electron chi connectivity index (χ4n) is 2.99. The second kappa shape index (κ2) is 7.30. The zero-order chi connectivity index (χ0) is 14.5. The lowest BCUT2D eigenvalue weighted by Crippen LogP contribution is -2.36. The van der Waals surface area contributed by atoms with Crippen molar-refractivity contribution in [3.8, 4) is 0 Å². The summed E-state index contributed by atoms with van der Waals surface area (Å²) in [7, 11) is 0. The number of hydrogen-bond acceptors (Lipinski definition) is 3. The van der Waals surface area contributed by atoms with Crippen molar-refractivity contribution >= 4 is 17.3 Å². The SMILES string of the molecule is CCCNCc1cccc(Cl)c1N1CCC(C)C1CO. The van der Waals surface area contributed by atoms with Crippen molar-refractivity contribution in [1.82, 2.24) is 5.32 Å². The first-order valence-electron chi connectivity index (χ1n) is 7.54. The molecule has 1 saturated heterocycles. The van der Waals surface area contributed by atoms with E-state index in [1.165, 1.54) is 5.56 Å². The molecule has 2 atom stereocenters. The molecule has 4 heteroatoms. The van der Waals surface area contributed by atoms with E-state index in [-0.39, 0.29) is 12.6 Å². The Balaban J connectivity index is 2.25. The molecular weight excluding hydrogens is 272 g/mol. The molecule has 2 N–H and O–H groups in total. The second-order valence-electron chi connectivity index (χ2n) is 5.63. The Morgan fingerprint density at radius 3 is 2.95 bits per heavy atom. The molecule has 0 bridgehead atoms. The van der Waals surface area contributed by atoms with Crippen molar-refractivity contribution in [1.29, 1.82) is 0 Å². The van der Waals surface area contributed by atoms with Crippen LogP contribution in [-0.2, 0) is 6.54 Å². The Bertz CT molecular complexity index is 438. The van der Waals surface area contributed by atoms with Crippen molar-refractivity contribution < 1.29 is 5.11 Å². The molecule has 2 unspecified atom stereocenters. The third-order valence-corrected chi connectivity index (χ3v) is 4.47. The largest absolute Gasteiger partial charge is 0.394 e. The minimum Gasteiger partial charge on any atom is -0.394 e. The molecule has 0 spiro atoms. The van der Waals surface area contributed by atoms with Crippen LogP contribution in [0, 0.1) is 5.92 Å². The van der Waals surface area contributed by atoms with Crippen LogP contribution in [-0.4, -0.2) is 30.8 Å². The molecule has 1 aromatic carbocycles. The number of aliphatic hydroxyl groups excluding tert-OH is 1. The van der Waals surface area contributed by atoms with Gasteiger partial charge < -0.3 is 15.3 Å². The molecule has 0 aromatic heterocycles. The van der Waals surface area contributed by atoms with E-state index in [9.17, 15) is 5.11 Å². The van der Waals surface area contributed by atoms with E-state index in [0.29, 0.717) is 5.92 Å². The minimum atomic E-state index is 0.180. The van der Waals surface area contributed by atoms with Crippen LogP contribution in [0.25, 0.3) is 0 Å². The highest BCUT2D eigenvalue weighted by atomic mass is 35.5. The smallest absolute Gasteiger partial charge is 0.0643 e. The number of halogens is 1. The van der Waals surface area contributed by atoms with Crippen LogP contribution in [0.3, 0.4) is 0 Å². The fraction of sp³-hybridized carbons (Fsp3) is 0.625. The lowest BCUT2D eigenvalue weighted by Gasteiger charge is -2.30. The summed E-state index contributed by atoms with van der Waals surface area (Å²) in [5.74, 6) is 0.507. The molecule has 2 rings (SSSR count). The summed E-state index contributed by atoms with van der Waals surface area (Å²) in [6, 6.07) is 6.25.